The third-order valence-electron chi connectivity index (χ3n) is 5.41. The van der Waals surface area contributed by atoms with Crippen LogP contribution in [-0.2, 0) is 10.2 Å². The third-order valence-corrected chi connectivity index (χ3v) is 5.41. The Morgan fingerprint density at radius 2 is 1.42 bits per heavy atom. The summed E-state index contributed by atoms with van der Waals surface area (Å²) in [4.78, 5) is 25.3. The number of benzene rings is 3. The van der Waals surface area contributed by atoms with Crippen molar-refractivity contribution in [2.75, 3.05) is 10.6 Å². The van der Waals surface area contributed by atoms with E-state index in [1.807, 2.05) is 55.5 Å². The lowest BCUT2D eigenvalue weighted by Crippen LogP contribution is -2.42. The van der Waals surface area contributed by atoms with Gasteiger partial charge in [0.2, 0.25) is 0 Å². The van der Waals surface area contributed by atoms with Crippen molar-refractivity contribution in [1.29, 1.82) is 0 Å². The highest BCUT2D eigenvalue weighted by Crippen LogP contribution is 2.27. The molecule has 0 fully saturated rings. The third kappa shape index (κ3) is 6.22. The van der Waals surface area contributed by atoms with Crippen LogP contribution in [0.15, 0.2) is 72.8 Å². The van der Waals surface area contributed by atoms with Crippen molar-refractivity contribution in [1.82, 2.24) is 0 Å². The van der Waals surface area contributed by atoms with E-state index in [9.17, 15) is 9.59 Å². The summed E-state index contributed by atoms with van der Waals surface area (Å²) in [5, 5.41) is 5.82. The first-order valence-electron chi connectivity index (χ1n) is 11.0. The Bertz CT molecular complexity index is 1130. The van der Waals surface area contributed by atoms with E-state index in [2.05, 4.69) is 31.4 Å². The first-order chi connectivity index (χ1) is 15.5. The number of ether oxygens (including phenoxy) is 1. The van der Waals surface area contributed by atoms with Crippen LogP contribution < -0.4 is 15.4 Å². The Kier molecular flexibility index (Phi) is 6.92. The normalized spacial score (nSPS) is 11.6. The molecule has 33 heavy (non-hydrogen) atoms. The molecular formula is C28H32N2O3. The minimum atomic E-state index is -1.07. The fourth-order valence-corrected chi connectivity index (χ4v) is 3.31. The average Bonchev–Trinajstić information content (AvgIpc) is 2.75. The summed E-state index contributed by atoms with van der Waals surface area (Å²) in [6.45, 7) is 11.8. The van der Waals surface area contributed by atoms with E-state index in [0.717, 1.165) is 5.56 Å². The highest BCUT2D eigenvalue weighted by atomic mass is 16.5. The predicted molar refractivity (Wildman–Crippen MR) is 134 cm³/mol. The van der Waals surface area contributed by atoms with Crippen molar-refractivity contribution in [2.45, 2.75) is 52.6 Å². The van der Waals surface area contributed by atoms with Gasteiger partial charge >= 0.3 is 0 Å². The standard InChI is InChI=1S/C28H32N2O3/c1-19-18-22(14-17-24(19)30-25(31)20-10-8-7-9-11-20)29-26(32)28(5,6)33-23-15-12-21(13-16-23)27(2,3)4/h7-18H,1-6H3,(H,29,32)(H,30,31). The van der Waals surface area contributed by atoms with Gasteiger partial charge in [-0.1, -0.05) is 51.1 Å². The monoisotopic (exact) mass is 444 g/mol. The zero-order chi connectivity index (χ0) is 24.2. The number of hydrogen-bond acceptors (Lipinski definition) is 3. The SMILES string of the molecule is Cc1cc(NC(=O)C(C)(C)Oc2ccc(C(C)(C)C)cc2)ccc1NC(=O)c1ccccc1. The van der Waals surface area contributed by atoms with Gasteiger partial charge in [-0.05, 0) is 79.8 Å². The molecule has 3 aromatic rings. The van der Waals surface area contributed by atoms with Crippen LogP contribution >= 0.6 is 0 Å². The van der Waals surface area contributed by atoms with E-state index >= 15 is 0 Å². The number of carbonyl (C=O) groups is 2. The lowest BCUT2D eigenvalue weighted by Gasteiger charge is -2.26. The van der Waals surface area contributed by atoms with Gasteiger partial charge in [-0.15, -0.1) is 0 Å². The fourth-order valence-electron chi connectivity index (χ4n) is 3.31. The molecule has 0 saturated heterocycles. The molecule has 0 saturated carbocycles. The molecule has 3 rings (SSSR count). The molecule has 0 aromatic heterocycles. The van der Waals surface area contributed by atoms with Gasteiger partial charge in [0.1, 0.15) is 5.75 Å². The predicted octanol–water partition coefficient (Wildman–Crippen LogP) is 6.34. The lowest BCUT2D eigenvalue weighted by molar-refractivity contribution is -0.128. The number of carbonyl (C=O) groups excluding carboxylic acids is 2. The lowest BCUT2D eigenvalue weighted by atomic mass is 9.87. The fraction of sp³-hybridized carbons (Fsp3) is 0.286. The van der Waals surface area contributed by atoms with Gasteiger partial charge < -0.3 is 15.4 Å². The van der Waals surface area contributed by atoms with Crippen LogP contribution in [-0.4, -0.2) is 17.4 Å². The van der Waals surface area contributed by atoms with Crippen LogP contribution in [0.2, 0.25) is 0 Å². The molecule has 0 aliphatic carbocycles. The molecule has 0 spiro atoms. The maximum absolute atomic E-state index is 12.9. The van der Waals surface area contributed by atoms with E-state index in [0.29, 0.717) is 22.7 Å². The number of anilines is 2. The Labute approximate surface area is 196 Å². The van der Waals surface area contributed by atoms with E-state index in [1.54, 1.807) is 38.1 Å². The van der Waals surface area contributed by atoms with E-state index < -0.39 is 5.60 Å². The van der Waals surface area contributed by atoms with Gasteiger partial charge in [0.15, 0.2) is 5.60 Å². The van der Waals surface area contributed by atoms with Gasteiger partial charge in [0.25, 0.3) is 11.8 Å². The van der Waals surface area contributed by atoms with Crippen LogP contribution in [0.5, 0.6) is 5.75 Å². The summed E-state index contributed by atoms with van der Waals surface area (Å²) in [7, 11) is 0. The quantitative estimate of drug-likeness (QED) is 0.466. The van der Waals surface area contributed by atoms with E-state index in [1.165, 1.54) is 5.56 Å². The van der Waals surface area contributed by atoms with Crippen LogP contribution in [0.1, 0.15) is 56.1 Å². The summed E-state index contributed by atoms with van der Waals surface area (Å²) >= 11 is 0. The van der Waals surface area contributed by atoms with Crippen molar-refractivity contribution in [3.8, 4) is 5.75 Å². The van der Waals surface area contributed by atoms with Gasteiger partial charge in [0, 0.05) is 16.9 Å². The number of rotatable bonds is 6. The maximum Gasteiger partial charge on any atom is 0.267 e. The average molecular weight is 445 g/mol. The molecule has 0 unspecified atom stereocenters. The number of nitrogens with one attached hydrogen (secondary N) is 2. The minimum absolute atomic E-state index is 0.0516. The van der Waals surface area contributed by atoms with Crippen molar-refractivity contribution in [2.24, 2.45) is 0 Å². The van der Waals surface area contributed by atoms with Gasteiger partial charge in [-0.25, -0.2) is 0 Å². The van der Waals surface area contributed by atoms with Crippen LogP contribution in [0.4, 0.5) is 11.4 Å². The first kappa shape index (κ1) is 24.1. The molecule has 5 nitrogen and oxygen atoms in total. The van der Waals surface area contributed by atoms with Crippen molar-refractivity contribution < 1.29 is 14.3 Å². The van der Waals surface area contributed by atoms with Crippen LogP contribution in [0.25, 0.3) is 0 Å². The summed E-state index contributed by atoms with van der Waals surface area (Å²) < 4.78 is 5.99. The second-order valence-electron chi connectivity index (χ2n) is 9.69. The van der Waals surface area contributed by atoms with Gasteiger partial charge in [-0.3, -0.25) is 9.59 Å². The largest absolute Gasteiger partial charge is 0.478 e. The Balaban J connectivity index is 1.65. The number of hydrogen-bond donors (Lipinski definition) is 2. The molecule has 2 amide bonds. The highest BCUT2D eigenvalue weighted by molar-refractivity contribution is 6.05. The molecule has 0 atom stereocenters. The molecular weight excluding hydrogens is 412 g/mol. The Morgan fingerprint density at radius 1 is 0.788 bits per heavy atom. The molecule has 172 valence electrons. The Morgan fingerprint density at radius 3 is 2.00 bits per heavy atom. The second-order valence-corrected chi connectivity index (χ2v) is 9.69. The second kappa shape index (κ2) is 9.49. The topological polar surface area (TPSA) is 67.4 Å². The van der Waals surface area contributed by atoms with Crippen molar-refractivity contribution in [3.63, 3.8) is 0 Å². The summed E-state index contributed by atoms with van der Waals surface area (Å²) in [6.07, 6.45) is 0. The molecule has 5 heteroatoms. The van der Waals surface area contributed by atoms with Gasteiger partial charge in [-0.2, -0.15) is 0 Å². The van der Waals surface area contributed by atoms with E-state index in [4.69, 9.17) is 4.74 Å². The number of aryl methyl sites for hydroxylation is 1. The molecule has 0 aliphatic rings. The van der Waals surface area contributed by atoms with E-state index in [-0.39, 0.29) is 17.2 Å². The molecule has 0 radical (unpaired) electrons. The zero-order valence-electron chi connectivity index (χ0n) is 20.2. The summed E-state index contributed by atoms with van der Waals surface area (Å²) in [6, 6.07) is 22.2. The van der Waals surface area contributed by atoms with Crippen molar-refractivity contribution in [3.05, 3.63) is 89.5 Å². The highest BCUT2D eigenvalue weighted by Gasteiger charge is 2.30. The minimum Gasteiger partial charge on any atom is -0.478 e. The maximum atomic E-state index is 12.9. The molecule has 2 N–H and O–H groups in total. The van der Waals surface area contributed by atoms with Crippen LogP contribution in [0.3, 0.4) is 0 Å². The molecule has 0 aliphatic heterocycles. The zero-order valence-corrected chi connectivity index (χ0v) is 20.2. The summed E-state index contributed by atoms with van der Waals surface area (Å²) in [5.41, 5.74) is 2.93. The molecule has 0 heterocycles. The molecule has 0 bridgehead atoms. The summed E-state index contributed by atoms with van der Waals surface area (Å²) in [5.74, 6) is 0.198. The van der Waals surface area contributed by atoms with Crippen molar-refractivity contribution >= 4 is 23.2 Å². The molecule has 3 aromatic carbocycles. The first-order valence-corrected chi connectivity index (χ1v) is 11.0. The van der Waals surface area contributed by atoms with Crippen LogP contribution in [0, 0.1) is 6.92 Å². The Hall–Kier alpha value is -3.60. The number of amides is 2. The van der Waals surface area contributed by atoms with Gasteiger partial charge in [0.05, 0.1) is 0 Å². The smallest absolute Gasteiger partial charge is 0.267 e.